The van der Waals surface area contributed by atoms with Gasteiger partial charge in [0.05, 0.1) is 7.11 Å². The van der Waals surface area contributed by atoms with Gasteiger partial charge in [-0.15, -0.1) is 0 Å². The smallest absolute Gasteiger partial charge is 0.123 e. The average molecular weight is 270 g/mol. The molecule has 0 saturated heterocycles. The predicted molar refractivity (Wildman–Crippen MR) is 79.0 cm³/mol. The predicted octanol–water partition coefficient (Wildman–Crippen LogP) is 3.92. The molecule has 1 aromatic rings. The molecule has 0 aromatic heterocycles. The second-order valence-electron chi connectivity index (χ2n) is 5.16. The Hall–Kier alpha value is -0.730. The van der Waals surface area contributed by atoms with Crippen molar-refractivity contribution in [2.24, 2.45) is 5.92 Å². The Bertz CT molecular complexity index is 415. The van der Waals surface area contributed by atoms with Crippen molar-refractivity contribution in [3.05, 3.63) is 27.8 Å². The third kappa shape index (κ3) is 2.99. The van der Waals surface area contributed by atoms with Crippen LogP contribution in [0, 0.1) is 19.8 Å². The highest BCUT2D eigenvalue weighted by Gasteiger charge is 2.23. The van der Waals surface area contributed by atoms with Crippen molar-refractivity contribution in [2.75, 3.05) is 20.7 Å². The van der Waals surface area contributed by atoms with Crippen LogP contribution >= 0.6 is 11.6 Å². The van der Waals surface area contributed by atoms with Crippen LogP contribution in [0.25, 0.3) is 0 Å². The fourth-order valence-electron chi connectivity index (χ4n) is 2.46. The van der Waals surface area contributed by atoms with Gasteiger partial charge in [0.25, 0.3) is 0 Å². The van der Waals surface area contributed by atoms with Crippen LogP contribution in [-0.4, -0.2) is 20.7 Å². The Morgan fingerprint density at radius 1 is 1.33 bits per heavy atom. The molecule has 1 rings (SSSR count). The van der Waals surface area contributed by atoms with Crippen molar-refractivity contribution in [1.29, 1.82) is 0 Å². The van der Waals surface area contributed by atoms with Gasteiger partial charge in [-0.3, -0.25) is 0 Å². The monoisotopic (exact) mass is 269 g/mol. The lowest BCUT2D eigenvalue weighted by Gasteiger charge is -2.26. The van der Waals surface area contributed by atoms with Crippen LogP contribution in [0.15, 0.2) is 6.07 Å². The van der Waals surface area contributed by atoms with Crippen molar-refractivity contribution >= 4 is 11.6 Å². The van der Waals surface area contributed by atoms with Crippen LogP contribution in [0.1, 0.15) is 36.5 Å². The van der Waals surface area contributed by atoms with Crippen LogP contribution in [-0.2, 0) is 0 Å². The maximum atomic E-state index is 6.38. The largest absolute Gasteiger partial charge is 0.496 e. The van der Waals surface area contributed by atoms with E-state index in [2.05, 4.69) is 26.1 Å². The van der Waals surface area contributed by atoms with Crippen LogP contribution in [0.2, 0.25) is 5.02 Å². The SMILES string of the molecule is CNCC(c1c(OC)cc(C)c(Cl)c1C)C(C)C. The third-order valence-electron chi connectivity index (χ3n) is 3.51. The molecule has 1 unspecified atom stereocenters. The molecule has 1 atom stereocenters. The number of hydrogen-bond acceptors (Lipinski definition) is 2. The first-order chi connectivity index (χ1) is 8.43. The average Bonchev–Trinajstić information content (AvgIpc) is 2.33. The molecule has 0 aliphatic rings. The van der Waals surface area contributed by atoms with Crippen LogP contribution < -0.4 is 10.1 Å². The number of rotatable bonds is 5. The number of nitrogens with one attached hydrogen (secondary N) is 1. The normalized spacial score (nSPS) is 12.9. The second kappa shape index (κ2) is 6.44. The molecule has 18 heavy (non-hydrogen) atoms. The molecule has 0 bridgehead atoms. The minimum absolute atomic E-state index is 0.406. The zero-order valence-electron chi connectivity index (χ0n) is 12.2. The molecule has 0 radical (unpaired) electrons. The highest BCUT2D eigenvalue weighted by atomic mass is 35.5. The molecule has 1 N–H and O–H groups in total. The molecule has 0 fully saturated rings. The third-order valence-corrected chi connectivity index (χ3v) is 4.09. The zero-order valence-corrected chi connectivity index (χ0v) is 13.0. The number of likely N-dealkylation sites (N-methyl/N-ethyl adjacent to an activating group) is 1. The van der Waals surface area contributed by atoms with E-state index in [1.807, 2.05) is 20.0 Å². The van der Waals surface area contributed by atoms with E-state index >= 15 is 0 Å². The molecule has 0 spiro atoms. The van der Waals surface area contributed by atoms with Gasteiger partial charge in [-0.2, -0.15) is 0 Å². The number of aryl methyl sites for hydroxylation is 1. The summed E-state index contributed by atoms with van der Waals surface area (Å²) < 4.78 is 5.55. The quantitative estimate of drug-likeness (QED) is 0.875. The first-order valence-corrected chi connectivity index (χ1v) is 6.80. The summed E-state index contributed by atoms with van der Waals surface area (Å²) in [5.74, 6) is 1.88. The Morgan fingerprint density at radius 3 is 2.39 bits per heavy atom. The Morgan fingerprint density at radius 2 is 1.94 bits per heavy atom. The molecule has 2 nitrogen and oxygen atoms in total. The maximum Gasteiger partial charge on any atom is 0.123 e. The van der Waals surface area contributed by atoms with Gasteiger partial charge >= 0.3 is 0 Å². The van der Waals surface area contributed by atoms with Crippen molar-refractivity contribution in [3.8, 4) is 5.75 Å². The summed E-state index contributed by atoms with van der Waals surface area (Å²) in [5.41, 5.74) is 3.45. The topological polar surface area (TPSA) is 21.3 Å². The van der Waals surface area contributed by atoms with Gasteiger partial charge in [0.2, 0.25) is 0 Å². The highest BCUT2D eigenvalue weighted by molar-refractivity contribution is 6.32. The first kappa shape index (κ1) is 15.3. The summed E-state index contributed by atoms with van der Waals surface area (Å²) >= 11 is 6.38. The van der Waals surface area contributed by atoms with E-state index in [-0.39, 0.29) is 0 Å². The van der Waals surface area contributed by atoms with Crippen LogP contribution in [0.4, 0.5) is 0 Å². The minimum Gasteiger partial charge on any atom is -0.496 e. The summed E-state index contributed by atoms with van der Waals surface area (Å²) in [6, 6.07) is 2.04. The number of halogens is 1. The molecule has 1 aromatic carbocycles. The van der Waals surface area contributed by atoms with Crippen molar-refractivity contribution < 1.29 is 4.74 Å². The van der Waals surface area contributed by atoms with Crippen molar-refractivity contribution in [3.63, 3.8) is 0 Å². The summed E-state index contributed by atoms with van der Waals surface area (Å²) in [6.07, 6.45) is 0. The van der Waals surface area contributed by atoms with Crippen LogP contribution in [0.3, 0.4) is 0 Å². The summed E-state index contributed by atoms with van der Waals surface area (Å²) in [5, 5.41) is 4.12. The van der Waals surface area contributed by atoms with Gasteiger partial charge in [0.15, 0.2) is 0 Å². The molecule has 102 valence electrons. The lowest BCUT2D eigenvalue weighted by molar-refractivity contribution is 0.390. The lowest BCUT2D eigenvalue weighted by Crippen LogP contribution is -2.23. The van der Waals surface area contributed by atoms with E-state index in [9.17, 15) is 0 Å². The lowest BCUT2D eigenvalue weighted by atomic mass is 9.84. The number of benzene rings is 1. The molecule has 3 heteroatoms. The maximum absolute atomic E-state index is 6.38. The van der Waals surface area contributed by atoms with E-state index in [4.69, 9.17) is 16.3 Å². The minimum atomic E-state index is 0.406. The molecular formula is C15H24ClNO. The molecule has 0 aliphatic heterocycles. The van der Waals surface area contributed by atoms with Crippen molar-refractivity contribution in [1.82, 2.24) is 5.32 Å². The Kier molecular flexibility index (Phi) is 5.48. The van der Waals surface area contributed by atoms with Gasteiger partial charge in [-0.25, -0.2) is 0 Å². The zero-order chi connectivity index (χ0) is 13.9. The number of hydrogen-bond donors (Lipinski definition) is 1. The molecule has 0 saturated carbocycles. The summed E-state index contributed by atoms with van der Waals surface area (Å²) in [6.45, 7) is 9.49. The fourth-order valence-corrected chi connectivity index (χ4v) is 2.61. The van der Waals surface area contributed by atoms with E-state index in [1.165, 1.54) is 5.56 Å². The van der Waals surface area contributed by atoms with Gasteiger partial charge < -0.3 is 10.1 Å². The van der Waals surface area contributed by atoms with E-state index in [0.29, 0.717) is 11.8 Å². The van der Waals surface area contributed by atoms with Gasteiger partial charge in [0.1, 0.15) is 5.75 Å². The molecule has 0 aliphatic carbocycles. The number of methoxy groups -OCH3 is 1. The van der Waals surface area contributed by atoms with E-state index < -0.39 is 0 Å². The van der Waals surface area contributed by atoms with Gasteiger partial charge in [0, 0.05) is 23.0 Å². The van der Waals surface area contributed by atoms with Crippen molar-refractivity contribution in [2.45, 2.75) is 33.6 Å². The fraction of sp³-hybridized carbons (Fsp3) is 0.600. The van der Waals surface area contributed by atoms with Crippen LogP contribution in [0.5, 0.6) is 5.75 Å². The first-order valence-electron chi connectivity index (χ1n) is 6.42. The molecule has 0 amide bonds. The number of ether oxygens (including phenoxy) is 1. The van der Waals surface area contributed by atoms with Gasteiger partial charge in [-0.05, 0) is 44.0 Å². The summed E-state index contributed by atoms with van der Waals surface area (Å²) in [4.78, 5) is 0. The standard InChI is InChI=1S/C15H24ClNO/c1-9(2)12(8-17-5)14-11(4)15(16)10(3)7-13(14)18-6/h7,9,12,17H,8H2,1-6H3. The molecular weight excluding hydrogens is 246 g/mol. The van der Waals surface area contributed by atoms with E-state index in [0.717, 1.165) is 28.4 Å². The highest BCUT2D eigenvalue weighted by Crippen LogP contribution is 2.39. The summed E-state index contributed by atoms with van der Waals surface area (Å²) in [7, 11) is 3.70. The second-order valence-corrected chi connectivity index (χ2v) is 5.53. The Labute approximate surface area is 116 Å². The van der Waals surface area contributed by atoms with E-state index in [1.54, 1.807) is 7.11 Å². The Balaban J connectivity index is 3.40. The molecule has 0 heterocycles. The van der Waals surface area contributed by atoms with Gasteiger partial charge in [-0.1, -0.05) is 25.4 Å².